The summed E-state index contributed by atoms with van der Waals surface area (Å²) in [4.78, 5) is 19.6. The lowest BCUT2D eigenvalue weighted by Gasteiger charge is -2.11. The summed E-state index contributed by atoms with van der Waals surface area (Å²) < 4.78 is 6.02. The van der Waals surface area contributed by atoms with Gasteiger partial charge in [-0.3, -0.25) is 4.79 Å². The lowest BCUT2D eigenvalue weighted by Crippen LogP contribution is -2.07. The quantitative estimate of drug-likeness (QED) is 0.393. The van der Waals surface area contributed by atoms with Crippen LogP contribution in [0.2, 0.25) is 0 Å². The highest BCUT2D eigenvalue weighted by atomic mass is 16.5. The fourth-order valence-electron chi connectivity index (χ4n) is 3.54. The standard InChI is InChI=1S/C26H25N3O2/c27-22-5-3-4-21(14-22)16-23(30)15-20-10-8-19(9-11-20)12-13-31-26-7-2-1-6-24(26)25-17-28-18-29-25/h1-11,14,17-18H,12-13,15-16,27H2,(H,28,29). The molecule has 0 amide bonds. The highest BCUT2D eigenvalue weighted by molar-refractivity contribution is 5.83. The van der Waals surface area contributed by atoms with Crippen molar-refractivity contribution in [2.75, 3.05) is 12.3 Å². The fraction of sp³-hybridized carbons (Fsp3) is 0.154. The minimum absolute atomic E-state index is 0.178. The Morgan fingerprint density at radius 2 is 1.68 bits per heavy atom. The molecule has 0 aliphatic heterocycles. The zero-order valence-corrected chi connectivity index (χ0v) is 17.3. The second-order valence-corrected chi connectivity index (χ2v) is 7.51. The molecule has 0 bridgehead atoms. The Kier molecular flexibility index (Phi) is 6.43. The number of Topliss-reactive ketones (excluding diaryl/α,β-unsaturated/α-hetero) is 1. The summed E-state index contributed by atoms with van der Waals surface area (Å²) in [7, 11) is 0. The van der Waals surface area contributed by atoms with Crippen LogP contribution in [-0.4, -0.2) is 22.4 Å². The van der Waals surface area contributed by atoms with Crippen molar-refractivity contribution in [2.24, 2.45) is 0 Å². The Labute approximate surface area is 181 Å². The normalized spacial score (nSPS) is 10.7. The van der Waals surface area contributed by atoms with E-state index in [0.717, 1.165) is 34.6 Å². The predicted octanol–water partition coefficient (Wildman–Crippen LogP) is 4.63. The minimum Gasteiger partial charge on any atom is -0.493 e. The van der Waals surface area contributed by atoms with E-state index in [1.165, 1.54) is 5.56 Å². The number of carbonyl (C=O) groups excluding carboxylic acids is 1. The first kappa shape index (κ1) is 20.4. The first-order chi connectivity index (χ1) is 15.2. The number of ketones is 1. The number of hydrogen-bond acceptors (Lipinski definition) is 4. The van der Waals surface area contributed by atoms with Gasteiger partial charge in [0.25, 0.3) is 0 Å². The molecule has 0 saturated heterocycles. The number of nitrogens with one attached hydrogen (secondary N) is 1. The molecule has 31 heavy (non-hydrogen) atoms. The molecule has 0 saturated carbocycles. The van der Waals surface area contributed by atoms with Gasteiger partial charge in [0.05, 0.1) is 24.8 Å². The van der Waals surface area contributed by atoms with E-state index in [1.807, 2.05) is 60.7 Å². The van der Waals surface area contributed by atoms with E-state index in [0.29, 0.717) is 25.1 Å². The molecule has 4 aromatic rings. The molecule has 3 aromatic carbocycles. The molecule has 0 fully saturated rings. The molecule has 0 unspecified atom stereocenters. The number of carbonyl (C=O) groups is 1. The highest BCUT2D eigenvalue weighted by Gasteiger charge is 2.08. The summed E-state index contributed by atoms with van der Waals surface area (Å²) in [5.74, 6) is 1.01. The molecule has 1 aromatic heterocycles. The van der Waals surface area contributed by atoms with Gasteiger partial charge in [-0.1, -0.05) is 48.5 Å². The van der Waals surface area contributed by atoms with E-state index in [2.05, 4.69) is 22.1 Å². The third kappa shape index (κ3) is 5.60. The van der Waals surface area contributed by atoms with Crippen LogP contribution in [0.4, 0.5) is 5.69 Å². The molecule has 3 N–H and O–H groups in total. The number of para-hydroxylation sites is 1. The number of nitrogens with zero attached hydrogens (tertiary/aromatic N) is 1. The summed E-state index contributed by atoms with van der Waals surface area (Å²) in [5, 5.41) is 0. The van der Waals surface area contributed by atoms with Crippen LogP contribution in [0.1, 0.15) is 16.7 Å². The monoisotopic (exact) mass is 411 g/mol. The van der Waals surface area contributed by atoms with Crippen LogP contribution in [0.3, 0.4) is 0 Å². The SMILES string of the molecule is Nc1cccc(CC(=O)Cc2ccc(CCOc3ccccc3-c3cnc[nH]3)cc2)c1. The van der Waals surface area contributed by atoms with Crippen molar-refractivity contribution in [2.45, 2.75) is 19.3 Å². The average molecular weight is 412 g/mol. The molecular weight excluding hydrogens is 386 g/mol. The van der Waals surface area contributed by atoms with Crippen LogP contribution in [0, 0.1) is 0 Å². The Morgan fingerprint density at radius 1 is 0.903 bits per heavy atom. The van der Waals surface area contributed by atoms with Gasteiger partial charge < -0.3 is 15.5 Å². The summed E-state index contributed by atoms with van der Waals surface area (Å²) >= 11 is 0. The number of anilines is 1. The maximum atomic E-state index is 12.4. The number of aromatic nitrogens is 2. The molecule has 0 spiro atoms. The van der Waals surface area contributed by atoms with Gasteiger partial charge in [0, 0.05) is 30.5 Å². The van der Waals surface area contributed by atoms with Gasteiger partial charge in [-0.2, -0.15) is 0 Å². The largest absolute Gasteiger partial charge is 0.493 e. The smallest absolute Gasteiger partial charge is 0.141 e. The van der Waals surface area contributed by atoms with Crippen molar-refractivity contribution in [3.8, 4) is 17.0 Å². The topological polar surface area (TPSA) is 81.0 Å². The number of aromatic amines is 1. The number of H-pyrrole nitrogens is 1. The van der Waals surface area contributed by atoms with E-state index in [1.54, 1.807) is 12.5 Å². The molecular formula is C26H25N3O2. The number of nitrogens with two attached hydrogens (primary N) is 1. The van der Waals surface area contributed by atoms with Gasteiger partial charge in [-0.15, -0.1) is 0 Å². The Morgan fingerprint density at radius 3 is 2.45 bits per heavy atom. The number of benzene rings is 3. The van der Waals surface area contributed by atoms with Gasteiger partial charge in [-0.05, 0) is 41.0 Å². The van der Waals surface area contributed by atoms with Gasteiger partial charge in [0.1, 0.15) is 11.5 Å². The summed E-state index contributed by atoms with van der Waals surface area (Å²) in [6, 6.07) is 23.6. The minimum atomic E-state index is 0.178. The van der Waals surface area contributed by atoms with Crippen LogP contribution in [0.5, 0.6) is 5.75 Å². The lowest BCUT2D eigenvalue weighted by molar-refractivity contribution is -0.117. The first-order valence-electron chi connectivity index (χ1n) is 10.3. The first-order valence-corrected chi connectivity index (χ1v) is 10.3. The Bertz CT molecular complexity index is 1140. The van der Waals surface area contributed by atoms with Crippen LogP contribution in [0.25, 0.3) is 11.3 Å². The molecule has 5 heteroatoms. The fourth-order valence-corrected chi connectivity index (χ4v) is 3.54. The van der Waals surface area contributed by atoms with Gasteiger partial charge in [-0.25, -0.2) is 4.98 Å². The van der Waals surface area contributed by atoms with Gasteiger partial charge in [0.2, 0.25) is 0 Å². The van der Waals surface area contributed by atoms with Crippen molar-refractivity contribution in [1.29, 1.82) is 0 Å². The van der Waals surface area contributed by atoms with Crippen molar-refractivity contribution in [1.82, 2.24) is 9.97 Å². The van der Waals surface area contributed by atoms with E-state index >= 15 is 0 Å². The summed E-state index contributed by atoms with van der Waals surface area (Å²) in [5.41, 5.74) is 11.5. The maximum Gasteiger partial charge on any atom is 0.141 e. The van der Waals surface area contributed by atoms with Crippen molar-refractivity contribution in [3.05, 3.63) is 102 Å². The molecule has 1 heterocycles. The van der Waals surface area contributed by atoms with Crippen LogP contribution >= 0.6 is 0 Å². The molecule has 0 atom stereocenters. The number of hydrogen-bond donors (Lipinski definition) is 2. The van der Waals surface area contributed by atoms with Crippen molar-refractivity contribution < 1.29 is 9.53 Å². The molecule has 0 aliphatic carbocycles. The lowest BCUT2D eigenvalue weighted by atomic mass is 10.0. The van der Waals surface area contributed by atoms with E-state index in [4.69, 9.17) is 10.5 Å². The summed E-state index contributed by atoms with van der Waals surface area (Å²) in [6.45, 7) is 0.568. The van der Waals surface area contributed by atoms with E-state index < -0.39 is 0 Å². The summed E-state index contributed by atoms with van der Waals surface area (Å²) in [6.07, 6.45) is 5.05. The van der Waals surface area contributed by atoms with Crippen LogP contribution in [-0.2, 0) is 24.1 Å². The van der Waals surface area contributed by atoms with Gasteiger partial charge >= 0.3 is 0 Å². The molecule has 156 valence electrons. The second-order valence-electron chi connectivity index (χ2n) is 7.51. The molecule has 5 nitrogen and oxygen atoms in total. The predicted molar refractivity (Wildman–Crippen MR) is 123 cm³/mol. The Hall–Kier alpha value is -3.86. The molecule has 4 rings (SSSR count). The van der Waals surface area contributed by atoms with Crippen molar-refractivity contribution >= 4 is 11.5 Å². The van der Waals surface area contributed by atoms with Crippen LogP contribution < -0.4 is 10.5 Å². The second kappa shape index (κ2) is 9.76. The van der Waals surface area contributed by atoms with Crippen LogP contribution in [0.15, 0.2) is 85.3 Å². The maximum absolute atomic E-state index is 12.4. The Balaban J connectivity index is 1.29. The van der Waals surface area contributed by atoms with E-state index in [9.17, 15) is 4.79 Å². The van der Waals surface area contributed by atoms with Gasteiger partial charge in [0.15, 0.2) is 0 Å². The molecule has 0 aliphatic rings. The third-order valence-electron chi connectivity index (χ3n) is 5.10. The number of imidazole rings is 1. The number of nitrogen functional groups attached to an aromatic ring is 1. The zero-order valence-electron chi connectivity index (χ0n) is 17.3. The zero-order chi connectivity index (χ0) is 21.5. The third-order valence-corrected chi connectivity index (χ3v) is 5.10. The molecule has 0 radical (unpaired) electrons. The van der Waals surface area contributed by atoms with Crippen molar-refractivity contribution in [3.63, 3.8) is 0 Å². The number of rotatable bonds is 9. The average Bonchev–Trinajstić information content (AvgIpc) is 3.30. The number of ether oxygens (including phenoxy) is 1. The van der Waals surface area contributed by atoms with E-state index in [-0.39, 0.29) is 5.78 Å². The highest BCUT2D eigenvalue weighted by Crippen LogP contribution is 2.28.